The second-order valence-corrected chi connectivity index (χ2v) is 12.5. The fourth-order valence-corrected chi connectivity index (χ4v) is 8.41. The summed E-state index contributed by atoms with van der Waals surface area (Å²) in [5.74, 6) is 0.529. The normalized spacial score (nSPS) is 15.4. The average Bonchev–Trinajstić information content (AvgIpc) is 3.76. The summed E-state index contributed by atoms with van der Waals surface area (Å²) in [5.41, 5.74) is 17.0. The Bertz CT molecular complexity index is 2220. The van der Waals surface area contributed by atoms with Crippen molar-refractivity contribution < 1.29 is 0 Å². The Balaban J connectivity index is 0.000000880. The molecule has 0 heteroatoms. The summed E-state index contributed by atoms with van der Waals surface area (Å²) in [6.07, 6.45) is 13.9. The molecule has 3 aliphatic carbocycles. The zero-order valence-electron chi connectivity index (χ0n) is 29.1. The van der Waals surface area contributed by atoms with Gasteiger partial charge in [-0.25, -0.2) is 0 Å². The van der Waals surface area contributed by atoms with Crippen LogP contribution in [0.3, 0.4) is 0 Å². The highest BCUT2D eigenvalue weighted by Gasteiger charge is 2.31. The van der Waals surface area contributed by atoms with E-state index in [1.165, 1.54) is 82.8 Å². The molecular weight excluding hydrogens is 577 g/mol. The highest BCUT2D eigenvalue weighted by atomic mass is 14.3. The maximum Gasteiger partial charge on any atom is 0.00642 e. The fourth-order valence-electron chi connectivity index (χ4n) is 8.41. The molecular formula is C48H46. The molecule has 0 N–H and O–H groups in total. The van der Waals surface area contributed by atoms with Gasteiger partial charge in [0.25, 0.3) is 0 Å². The molecule has 9 rings (SSSR count). The molecule has 3 aliphatic rings. The number of benzene rings is 6. The molecule has 0 aromatic heterocycles. The molecule has 0 radical (unpaired) electrons. The van der Waals surface area contributed by atoms with E-state index < -0.39 is 0 Å². The second kappa shape index (κ2) is 13.7. The van der Waals surface area contributed by atoms with Crippen molar-refractivity contribution in [1.82, 2.24) is 0 Å². The lowest BCUT2D eigenvalue weighted by Gasteiger charge is -2.25. The van der Waals surface area contributed by atoms with Gasteiger partial charge >= 0.3 is 0 Å². The van der Waals surface area contributed by atoms with E-state index in [2.05, 4.69) is 140 Å². The molecule has 1 atom stereocenters. The summed E-state index contributed by atoms with van der Waals surface area (Å²) >= 11 is 0. The van der Waals surface area contributed by atoms with Crippen LogP contribution in [0, 0.1) is 0 Å². The van der Waals surface area contributed by atoms with Gasteiger partial charge in [0.05, 0.1) is 0 Å². The molecule has 0 saturated heterocycles. The zero-order chi connectivity index (χ0) is 33.2. The highest BCUT2D eigenvalue weighted by molar-refractivity contribution is 6.15. The third kappa shape index (κ3) is 5.06. The summed E-state index contributed by atoms with van der Waals surface area (Å²) in [6, 6.07) is 41.0. The topological polar surface area (TPSA) is 0 Å². The minimum Gasteiger partial charge on any atom is -0.0836 e. The Labute approximate surface area is 287 Å². The number of hydrogen-bond acceptors (Lipinski definition) is 0. The van der Waals surface area contributed by atoms with E-state index in [0.717, 1.165) is 25.7 Å². The van der Waals surface area contributed by atoms with Gasteiger partial charge < -0.3 is 0 Å². The Kier molecular flexibility index (Phi) is 9.00. The van der Waals surface area contributed by atoms with Crippen molar-refractivity contribution in [3.05, 3.63) is 155 Å². The monoisotopic (exact) mass is 622 g/mol. The van der Waals surface area contributed by atoms with Gasteiger partial charge in [-0.2, -0.15) is 0 Å². The molecule has 0 bridgehead atoms. The molecule has 0 spiro atoms. The van der Waals surface area contributed by atoms with Gasteiger partial charge in [0, 0.05) is 5.92 Å². The van der Waals surface area contributed by atoms with E-state index in [4.69, 9.17) is 0 Å². The SMILES string of the molecule is CC.CC.CCC1C2=C(C=CC2)c2ccc(-c3c4c(c(-c5ccc(-c6ccccc6)c6ccccc56)c5ccccc35)CCC=C4)cc21. The first-order valence-corrected chi connectivity index (χ1v) is 18.2. The van der Waals surface area contributed by atoms with E-state index in [0.29, 0.717) is 5.92 Å². The second-order valence-electron chi connectivity index (χ2n) is 12.5. The van der Waals surface area contributed by atoms with Crippen molar-refractivity contribution in [2.45, 2.75) is 66.2 Å². The maximum absolute atomic E-state index is 2.53. The molecule has 0 nitrogen and oxygen atoms in total. The number of hydrogen-bond donors (Lipinski definition) is 0. The largest absolute Gasteiger partial charge is 0.0836 e. The van der Waals surface area contributed by atoms with Crippen molar-refractivity contribution in [2.75, 3.05) is 0 Å². The van der Waals surface area contributed by atoms with Crippen LogP contribution in [0.25, 0.3) is 66.6 Å². The summed E-state index contributed by atoms with van der Waals surface area (Å²) in [7, 11) is 0. The van der Waals surface area contributed by atoms with Crippen LogP contribution in [0.15, 0.2) is 133 Å². The average molecular weight is 623 g/mol. The van der Waals surface area contributed by atoms with Gasteiger partial charge in [0.2, 0.25) is 0 Å². The summed E-state index contributed by atoms with van der Waals surface area (Å²) in [5, 5.41) is 5.32. The predicted molar refractivity (Wildman–Crippen MR) is 212 cm³/mol. The molecule has 1 unspecified atom stereocenters. The molecule has 0 fully saturated rings. The van der Waals surface area contributed by atoms with Gasteiger partial charge in [0.1, 0.15) is 0 Å². The fraction of sp³-hybridized carbons (Fsp3) is 0.208. The lowest BCUT2D eigenvalue weighted by Crippen LogP contribution is -2.03. The predicted octanol–water partition coefficient (Wildman–Crippen LogP) is 14.2. The number of fused-ring (bicyclic) bond motifs is 5. The van der Waals surface area contributed by atoms with Crippen LogP contribution in [0.1, 0.15) is 82.1 Å². The molecule has 48 heavy (non-hydrogen) atoms. The van der Waals surface area contributed by atoms with Crippen molar-refractivity contribution in [2.24, 2.45) is 0 Å². The molecule has 0 heterocycles. The molecule has 238 valence electrons. The minimum atomic E-state index is 0.529. The van der Waals surface area contributed by atoms with E-state index in [1.807, 2.05) is 27.7 Å². The van der Waals surface area contributed by atoms with Crippen molar-refractivity contribution in [3.8, 4) is 33.4 Å². The summed E-state index contributed by atoms with van der Waals surface area (Å²) in [6.45, 7) is 10.3. The quantitative estimate of drug-likeness (QED) is 0.183. The van der Waals surface area contributed by atoms with Gasteiger partial charge in [-0.3, -0.25) is 0 Å². The van der Waals surface area contributed by atoms with Crippen LogP contribution >= 0.6 is 0 Å². The summed E-state index contributed by atoms with van der Waals surface area (Å²) in [4.78, 5) is 0. The first kappa shape index (κ1) is 31.6. The van der Waals surface area contributed by atoms with E-state index >= 15 is 0 Å². The number of allylic oxidation sites excluding steroid dienone is 5. The summed E-state index contributed by atoms with van der Waals surface area (Å²) < 4.78 is 0. The Morgan fingerprint density at radius 2 is 1.19 bits per heavy atom. The third-order valence-corrected chi connectivity index (χ3v) is 10.3. The van der Waals surface area contributed by atoms with Crippen LogP contribution in [-0.2, 0) is 6.42 Å². The van der Waals surface area contributed by atoms with Crippen molar-refractivity contribution in [3.63, 3.8) is 0 Å². The molecule has 6 aromatic rings. The van der Waals surface area contributed by atoms with Crippen LogP contribution in [-0.4, -0.2) is 0 Å². The first-order valence-electron chi connectivity index (χ1n) is 18.2. The Morgan fingerprint density at radius 3 is 1.92 bits per heavy atom. The lowest BCUT2D eigenvalue weighted by atomic mass is 9.78. The van der Waals surface area contributed by atoms with Crippen LogP contribution in [0.5, 0.6) is 0 Å². The number of rotatable bonds is 4. The molecule has 0 amide bonds. The Morgan fingerprint density at radius 1 is 0.562 bits per heavy atom. The van der Waals surface area contributed by atoms with Gasteiger partial charge in [-0.15, -0.1) is 0 Å². The third-order valence-electron chi connectivity index (χ3n) is 10.3. The molecule has 0 saturated carbocycles. The highest BCUT2D eigenvalue weighted by Crippen LogP contribution is 2.51. The standard InChI is InChI=1S/C44H34.2C2H6/c1-2-30-32-21-12-22-34(32)36-24-23-29(27-42(30)36)43-37-17-8-10-19-39(37)44(40-20-11-9-18-38(40)43)41-26-25-31(28-13-4-3-5-14-28)33-15-6-7-16-35(33)41;2*1-2/h3-10,12-19,22-27,30H,2,11,20-21H2,1H3;2*1-2H3. The molecule has 0 aliphatic heterocycles. The van der Waals surface area contributed by atoms with E-state index in [1.54, 1.807) is 5.57 Å². The van der Waals surface area contributed by atoms with Crippen LogP contribution in [0.4, 0.5) is 0 Å². The van der Waals surface area contributed by atoms with Gasteiger partial charge in [0.15, 0.2) is 0 Å². The van der Waals surface area contributed by atoms with Crippen molar-refractivity contribution in [1.29, 1.82) is 0 Å². The zero-order valence-corrected chi connectivity index (χ0v) is 29.1. The van der Waals surface area contributed by atoms with E-state index in [-0.39, 0.29) is 0 Å². The lowest BCUT2D eigenvalue weighted by molar-refractivity contribution is 0.762. The maximum atomic E-state index is 2.53. The van der Waals surface area contributed by atoms with Gasteiger partial charge in [-0.05, 0) is 115 Å². The Hall–Kier alpha value is -4.94. The first-order chi connectivity index (χ1) is 23.8. The van der Waals surface area contributed by atoms with Crippen molar-refractivity contribution >= 4 is 33.2 Å². The smallest absolute Gasteiger partial charge is 0.00642 e. The molecule has 6 aromatic carbocycles. The van der Waals surface area contributed by atoms with Crippen LogP contribution in [0.2, 0.25) is 0 Å². The minimum absolute atomic E-state index is 0.529. The van der Waals surface area contributed by atoms with Crippen LogP contribution < -0.4 is 0 Å². The van der Waals surface area contributed by atoms with Gasteiger partial charge in [-0.1, -0.05) is 168 Å². The van der Waals surface area contributed by atoms with E-state index in [9.17, 15) is 0 Å².